The molecule has 0 N–H and O–H groups in total. The standard InChI is InChI=1S/C21H28N2OS2/c1-16-8-12-25-21(16)20(24)17-5-4-11-23(13-17)15-19-7-6-18(26-19)14-22-9-2-3-10-22/h6-8,12,17H,2-5,9-11,13-15H2,1H3. The Morgan fingerprint density at radius 2 is 1.73 bits per heavy atom. The lowest BCUT2D eigenvalue weighted by Crippen LogP contribution is -2.38. The van der Waals surface area contributed by atoms with Gasteiger partial charge in [0.25, 0.3) is 0 Å². The fraction of sp³-hybridized carbons (Fsp3) is 0.571. The molecule has 2 aromatic rings. The smallest absolute Gasteiger partial charge is 0.177 e. The van der Waals surface area contributed by atoms with Crippen molar-refractivity contribution in [3.05, 3.63) is 43.8 Å². The molecule has 0 aromatic carbocycles. The first-order valence-corrected chi connectivity index (χ1v) is 11.5. The van der Waals surface area contributed by atoms with E-state index in [4.69, 9.17) is 0 Å². The highest BCUT2D eigenvalue weighted by molar-refractivity contribution is 7.12. The molecule has 2 saturated heterocycles. The number of nitrogens with zero attached hydrogens (tertiary/aromatic N) is 2. The van der Waals surface area contributed by atoms with Gasteiger partial charge in [-0.15, -0.1) is 22.7 Å². The molecule has 3 nitrogen and oxygen atoms in total. The molecule has 1 atom stereocenters. The first-order chi connectivity index (χ1) is 12.7. The summed E-state index contributed by atoms with van der Waals surface area (Å²) < 4.78 is 0. The number of likely N-dealkylation sites (tertiary alicyclic amines) is 2. The van der Waals surface area contributed by atoms with Gasteiger partial charge in [-0.25, -0.2) is 0 Å². The molecule has 2 aliphatic rings. The number of carbonyl (C=O) groups is 1. The summed E-state index contributed by atoms with van der Waals surface area (Å²) in [6.45, 7) is 8.71. The zero-order valence-corrected chi connectivity index (χ0v) is 17.2. The Morgan fingerprint density at radius 1 is 1.04 bits per heavy atom. The molecule has 0 aliphatic carbocycles. The number of Topliss-reactive ketones (excluding diaryl/α,β-unsaturated/α-hetero) is 1. The predicted octanol–water partition coefficient (Wildman–Crippen LogP) is 4.81. The maximum Gasteiger partial charge on any atom is 0.177 e. The summed E-state index contributed by atoms with van der Waals surface area (Å²) in [5.74, 6) is 0.535. The predicted molar refractivity (Wildman–Crippen MR) is 110 cm³/mol. The molecule has 4 rings (SSSR count). The van der Waals surface area contributed by atoms with Crippen LogP contribution < -0.4 is 0 Å². The van der Waals surface area contributed by atoms with Crippen molar-refractivity contribution in [2.45, 2.75) is 45.7 Å². The SMILES string of the molecule is Cc1ccsc1C(=O)C1CCCN(Cc2ccc(CN3CCCC3)s2)C1. The molecule has 1 unspecified atom stereocenters. The van der Waals surface area contributed by atoms with E-state index < -0.39 is 0 Å². The fourth-order valence-electron chi connectivity index (χ4n) is 4.20. The van der Waals surface area contributed by atoms with Crippen LogP contribution in [-0.4, -0.2) is 41.8 Å². The molecule has 2 aromatic heterocycles. The molecule has 0 saturated carbocycles. The van der Waals surface area contributed by atoms with Crippen molar-refractivity contribution < 1.29 is 4.79 Å². The van der Waals surface area contributed by atoms with E-state index in [0.717, 1.165) is 49.5 Å². The molecule has 140 valence electrons. The molecule has 2 aliphatic heterocycles. The van der Waals surface area contributed by atoms with Gasteiger partial charge in [-0.05, 0) is 81.4 Å². The van der Waals surface area contributed by atoms with Crippen molar-refractivity contribution >= 4 is 28.5 Å². The van der Waals surface area contributed by atoms with Crippen LogP contribution in [0.1, 0.15) is 50.7 Å². The van der Waals surface area contributed by atoms with E-state index >= 15 is 0 Å². The number of hydrogen-bond donors (Lipinski definition) is 0. The molecule has 4 heterocycles. The highest BCUT2D eigenvalue weighted by atomic mass is 32.1. The van der Waals surface area contributed by atoms with E-state index in [2.05, 4.69) is 34.9 Å². The Morgan fingerprint density at radius 3 is 2.42 bits per heavy atom. The second kappa shape index (κ2) is 8.34. The Hall–Kier alpha value is -1.01. The topological polar surface area (TPSA) is 23.6 Å². The third-order valence-corrected chi connectivity index (χ3v) is 7.72. The van der Waals surface area contributed by atoms with Crippen LogP contribution >= 0.6 is 22.7 Å². The maximum absolute atomic E-state index is 12.9. The first kappa shape index (κ1) is 18.4. The Labute approximate surface area is 164 Å². The van der Waals surface area contributed by atoms with Gasteiger partial charge < -0.3 is 0 Å². The molecular formula is C21H28N2OS2. The van der Waals surface area contributed by atoms with Crippen LogP contribution in [0.2, 0.25) is 0 Å². The number of carbonyl (C=O) groups excluding carboxylic acids is 1. The number of ketones is 1. The van der Waals surface area contributed by atoms with Gasteiger partial charge in [-0.2, -0.15) is 0 Å². The van der Waals surface area contributed by atoms with E-state index in [1.807, 2.05) is 16.7 Å². The zero-order valence-electron chi connectivity index (χ0n) is 15.6. The quantitative estimate of drug-likeness (QED) is 0.664. The third-order valence-electron chi connectivity index (χ3n) is 5.64. The molecule has 0 bridgehead atoms. The number of thiophene rings is 2. The summed E-state index contributed by atoms with van der Waals surface area (Å²) >= 11 is 3.56. The van der Waals surface area contributed by atoms with Crippen LogP contribution in [0, 0.1) is 12.8 Å². The normalized spacial score (nSPS) is 22.1. The number of hydrogen-bond acceptors (Lipinski definition) is 5. The van der Waals surface area contributed by atoms with Crippen molar-refractivity contribution in [2.75, 3.05) is 26.2 Å². The average molecular weight is 389 g/mol. The van der Waals surface area contributed by atoms with E-state index in [0.29, 0.717) is 5.78 Å². The fourth-order valence-corrected chi connectivity index (χ4v) is 6.25. The Balaban J connectivity index is 1.34. The number of piperidine rings is 1. The van der Waals surface area contributed by atoms with Crippen LogP contribution in [0.4, 0.5) is 0 Å². The average Bonchev–Trinajstić information content (AvgIpc) is 3.38. The van der Waals surface area contributed by atoms with Crippen LogP contribution in [-0.2, 0) is 13.1 Å². The number of rotatable bonds is 6. The summed E-state index contributed by atoms with van der Waals surface area (Å²) in [7, 11) is 0. The third kappa shape index (κ3) is 4.28. The summed E-state index contributed by atoms with van der Waals surface area (Å²) in [6.07, 6.45) is 4.88. The highest BCUT2D eigenvalue weighted by Gasteiger charge is 2.28. The van der Waals surface area contributed by atoms with Gasteiger partial charge in [0.05, 0.1) is 4.88 Å². The zero-order chi connectivity index (χ0) is 17.9. The maximum atomic E-state index is 12.9. The Bertz CT molecular complexity index is 745. The summed E-state index contributed by atoms with van der Waals surface area (Å²) in [5, 5.41) is 2.04. The molecule has 2 fully saturated rings. The van der Waals surface area contributed by atoms with Crippen LogP contribution in [0.15, 0.2) is 23.6 Å². The molecule has 0 amide bonds. The monoisotopic (exact) mass is 388 g/mol. The van der Waals surface area contributed by atoms with Crippen molar-refractivity contribution in [1.82, 2.24) is 9.80 Å². The number of aryl methyl sites for hydroxylation is 1. The van der Waals surface area contributed by atoms with E-state index in [9.17, 15) is 4.79 Å². The van der Waals surface area contributed by atoms with Gasteiger partial charge in [0, 0.05) is 35.3 Å². The minimum absolute atomic E-state index is 0.171. The summed E-state index contributed by atoms with van der Waals surface area (Å²) in [6, 6.07) is 6.66. The van der Waals surface area contributed by atoms with Crippen LogP contribution in [0.25, 0.3) is 0 Å². The van der Waals surface area contributed by atoms with E-state index in [1.165, 1.54) is 35.7 Å². The lowest BCUT2D eigenvalue weighted by Gasteiger charge is -2.31. The van der Waals surface area contributed by atoms with Gasteiger partial charge in [0.1, 0.15) is 0 Å². The highest BCUT2D eigenvalue weighted by Crippen LogP contribution is 2.28. The first-order valence-electron chi connectivity index (χ1n) is 9.79. The minimum atomic E-state index is 0.171. The molecule has 26 heavy (non-hydrogen) atoms. The van der Waals surface area contributed by atoms with Gasteiger partial charge in [0.15, 0.2) is 5.78 Å². The van der Waals surface area contributed by atoms with Gasteiger partial charge in [-0.1, -0.05) is 0 Å². The van der Waals surface area contributed by atoms with Gasteiger partial charge in [0.2, 0.25) is 0 Å². The molecule has 5 heteroatoms. The lowest BCUT2D eigenvalue weighted by atomic mass is 9.92. The molecular weight excluding hydrogens is 360 g/mol. The van der Waals surface area contributed by atoms with Gasteiger partial charge >= 0.3 is 0 Å². The van der Waals surface area contributed by atoms with Crippen molar-refractivity contribution in [3.8, 4) is 0 Å². The van der Waals surface area contributed by atoms with Crippen LogP contribution in [0.5, 0.6) is 0 Å². The Kier molecular flexibility index (Phi) is 5.89. The summed E-state index contributed by atoms with van der Waals surface area (Å²) in [4.78, 5) is 21.8. The van der Waals surface area contributed by atoms with E-state index in [-0.39, 0.29) is 5.92 Å². The van der Waals surface area contributed by atoms with Crippen molar-refractivity contribution in [2.24, 2.45) is 5.92 Å². The van der Waals surface area contributed by atoms with Crippen LogP contribution in [0.3, 0.4) is 0 Å². The summed E-state index contributed by atoms with van der Waals surface area (Å²) in [5.41, 5.74) is 1.14. The lowest BCUT2D eigenvalue weighted by molar-refractivity contribution is 0.0816. The molecule has 0 radical (unpaired) electrons. The van der Waals surface area contributed by atoms with Crippen molar-refractivity contribution in [3.63, 3.8) is 0 Å². The van der Waals surface area contributed by atoms with Gasteiger partial charge in [-0.3, -0.25) is 14.6 Å². The molecule has 0 spiro atoms. The largest absolute Gasteiger partial charge is 0.298 e. The minimum Gasteiger partial charge on any atom is -0.298 e. The second-order valence-corrected chi connectivity index (χ2v) is 9.89. The second-order valence-electron chi connectivity index (χ2n) is 7.72. The van der Waals surface area contributed by atoms with Crippen molar-refractivity contribution in [1.29, 1.82) is 0 Å². The van der Waals surface area contributed by atoms with E-state index in [1.54, 1.807) is 11.3 Å².